The molecule has 4 nitrogen and oxygen atoms in total. The number of amides is 1. The van der Waals surface area contributed by atoms with Gasteiger partial charge in [0.05, 0.1) is 24.3 Å². The highest BCUT2D eigenvalue weighted by Gasteiger charge is 2.21. The predicted molar refractivity (Wildman–Crippen MR) is 70.3 cm³/mol. The molecule has 2 aromatic rings. The van der Waals surface area contributed by atoms with Crippen LogP contribution in [0.4, 0.5) is 0 Å². The first-order valence-corrected chi connectivity index (χ1v) is 7.02. The number of aromatic nitrogens is 2. The fraction of sp³-hybridized carbons (Fsp3) is 0.385. The van der Waals surface area contributed by atoms with Gasteiger partial charge in [0.15, 0.2) is 0 Å². The van der Waals surface area contributed by atoms with E-state index in [0.29, 0.717) is 13.0 Å². The van der Waals surface area contributed by atoms with Gasteiger partial charge in [0, 0.05) is 24.3 Å². The lowest BCUT2D eigenvalue weighted by atomic mass is 10.1. The average Bonchev–Trinajstić information content (AvgIpc) is 3.05. The number of thiophene rings is 1. The SMILES string of the molecule is O=C(CCc1cccs1)N1CCc2nc[nH]c2C1. The van der Waals surface area contributed by atoms with Crippen molar-refractivity contribution in [1.82, 2.24) is 14.9 Å². The molecule has 0 fully saturated rings. The van der Waals surface area contributed by atoms with Crippen molar-refractivity contribution < 1.29 is 4.79 Å². The Labute approximate surface area is 110 Å². The number of H-pyrrole nitrogens is 1. The van der Waals surface area contributed by atoms with Gasteiger partial charge >= 0.3 is 0 Å². The molecular formula is C13H15N3OS. The molecule has 2 aromatic heterocycles. The number of carbonyl (C=O) groups excluding carboxylic acids is 1. The summed E-state index contributed by atoms with van der Waals surface area (Å²) >= 11 is 1.71. The quantitative estimate of drug-likeness (QED) is 0.918. The van der Waals surface area contributed by atoms with Gasteiger partial charge in [-0.2, -0.15) is 0 Å². The summed E-state index contributed by atoms with van der Waals surface area (Å²) in [4.78, 5) is 22.7. The summed E-state index contributed by atoms with van der Waals surface area (Å²) in [5.41, 5.74) is 2.20. The Morgan fingerprint density at radius 3 is 3.33 bits per heavy atom. The molecule has 0 radical (unpaired) electrons. The van der Waals surface area contributed by atoms with Crippen LogP contribution in [-0.4, -0.2) is 27.3 Å². The molecule has 3 rings (SSSR count). The number of nitrogens with zero attached hydrogens (tertiary/aromatic N) is 2. The summed E-state index contributed by atoms with van der Waals surface area (Å²) in [6, 6.07) is 4.11. The molecule has 0 aliphatic carbocycles. The molecule has 1 amide bonds. The second-order valence-corrected chi connectivity index (χ2v) is 5.50. The topological polar surface area (TPSA) is 49.0 Å². The predicted octanol–water partition coefficient (Wildman–Crippen LogP) is 1.99. The van der Waals surface area contributed by atoms with E-state index in [2.05, 4.69) is 21.4 Å². The number of carbonyl (C=O) groups is 1. The molecule has 0 saturated carbocycles. The van der Waals surface area contributed by atoms with Gasteiger partial charge in [0.25, 0.3) is 0 Å². The maximum atomic E-state index is 12.1. The Bertz CT molecular complexity index is 532. The zero-order chi connectivity index (χ0) is 12.4. The van der Waals surface area contributed by atoms with Gasteiger partial charge in [-0.1, -0.05) is 6.07 Å². The Hall–Kier alpha value is -1.62. The maximum absolute atomic E-state index is 12.1. The molecule has 0 aromatic carbocycles. The molecule has 94 valence electrons. The van der Waals surface area contributed by atoms with Gasteiger partial charge < -0.3 is 9.88 Å². The van der Waals surface area contributed by atoms with Crippen LogP contribution in [-0.2, 0) is 24.2 Å². The summed E-state index contributed by atoms with van der Waals surface area (Å²) in [5, 5.41) is 2.05. The summed E-state index contributed by atoms with van der Waals surface area (Å²) in [5.74, 6) is 0.239. The maximum Gasteiger partial charge on any atom is 0.223 e. The number of imidazole rings is 1. The highest BCUT2D eigenvalue weighted by atomic mass is 32.1. The normalized spacial score (nSPS) is 14.6. The Balaban J connectivity index is 1.57. The third-order valence-corrected chi connectivity index (χ3v) is 4.23. The molecule has 5 heteroatoms. The van der Waals surface area contributed by atoms with Crippen LogP contribution in [0.25, 0.3) is 0 Å². The third-order valence-electron chi connectivity index (χ3n) is 3.29. The average molecular weight is 261 g/mol. The van der Waals surface area contributed by atoms with Gasteiger partial charge in [0.1, 0.15) is 0 Å². The van der Waals surface area contributed by atoms with E-state index in [0.717, 1.165) is 30.8 Å². The molecule has 3 heterocycles. The van der Waals surface area contributed by atoms with Crippen LogP contribution < -0.4 is 0 Å². The second-order valence-electron chi connectivity index (χ2n) is 4.47. The molecule has 0 spiro atoms. The molecule has 1 N–H and O–H groups in total. The van der Waals surface area contributed by atoms with Crippen molar-refractivity contribution in [3.05, 3.63) is 40.1 Å². The number of hydrogen-bond acceptors (Lipinski definition) is 3. The minimum absolute atomic E-state index is 0.239. The lowest BCUT2D eigenvalue weighted by Crippen LogP contribution is -2.36. The minimum atomic E-state index is 0.239. The first kappa shape index (κ1) is 11.5. The van der Waals surface area contributed by atoms with Gasteiger partial charge in [0.2, 0.25) is 5.91 Å². The number of nitrogens with one attached hydrogen (secondary N) is 1. The third kappa shape index (κ3) is 2.31. The molecule has 1 aliphatic rings. The molecule has 0 unspecified atom stereocenters. The highest BCUT2D eigenvalue weighted by Crippen LogP contribution is 2.17. The fourth-order valence-electron chi connectivity index (χ4n) is 2.27. The van der Waals surface area contributed by atoms with Crippen molar-refractivity contribution in [1.29, 1.82) is 0 Å². The number of aromatic amines is 1. The number of aryl methyl sites for hydroxylation is 1. The van der Waals surface area contributed by atoms with Gasteiger partial charge in [-0.05, 0) is 17.9 Å². The first-order chi connectivity index (χ1) is 8.83. The Morgan fingerprint density at radius 2 is 2.50 bits per heavy atom. The molecular weight excluding hydrogens is 246 g/mol. The summed E-state index contributed by atoms with van der Waals surface area (Å²) < 4.78 is 0. The van der Waals surface area contributed by atoms with E-state index in [9.17, 15) is 4.79 Å². The number of rotatable bonds is 3. The van der Waals surface area contributed by atoms with Crippen LogP contribution in [0.3, 0.4) is 0 Å². The van der Waals surface area contributed by atoms with E-state index < -0.39 is 0 Å². The minimum Gasteiger partial charge on any atom is -0.347 e. The number of hydrogen-bond donors (Lipinski definition) is 1. The lowest BCUT2D eigenvalue weighted by Gasteiger charge is -2.26. The van der Waals surface area contributed by atoms with E-state index in [1.807, 2.05) is 11.0 Å². The molecule has 0 saturated heterocycles. The fourth-order valence-corrected chi connectivity index (χ4v) is 2.98. The van der Waals surface area contributed by atoms with E-state index >= 15 is 0 Å². The van der Waals surface area contributed by atoms with E-state index in [4.69, 9.17) is 0 Å². The van der Waals surface area contributed by atoms with Crippen molar-refractivity contribution >= 4 is 17.2 Å². The van der Waals surface area contributed by atoms with Gasteiger partial charge in [-0.25, -0.2) is 4.98 Å². The van der Waals surface area contributed by atoms with Crippen LogP contribution in [0, 0.1) is 0 Å². The number of fused-ring (bicyclic) bond motifs is 1. The van der Waals surface area contributed by atoms with Crippen LogP contribution >= 0.6 is 11.3 Å². The van der Waals surface area contributed by atoms with Crippen LogP contribution in [0.15, 0.2) is 23.8 Å². The summed E-state index contributed by atoms with van der Waals surface area (Å²) in [6.07, 6.45) is 4.03. The standard InChI is InChI=1S/C13H15N3OS/c17-13(4-3-10-2-1-7-18-10)16-6-5-11-12(8-16)15-9-14-11/h1-2,7,9H,3-6,8H2,(H,14,15). The van der Waals surface area contributed by atoms with Crippen molar-refractivity contribution in [2.75, 3.05) is 6.54 Å². The molecule has 0 atom stereocenters. The van der Waals surface area contributed by atoms with Crippen molar-refractivity contribution in [3.8, 4) is 0 Å². The second kappa shape index (κ2) is 4.94. The highest BCUT2D eigenvalue weighted by molar-refractivity contribution is 7.09. The monoisotopic (exact) mass is 261 g/mol. The Morgan fingerprint density at radius 1 is 1.56 bits per heavy atom. The zero-order valence-electron chi connectivity index (χ0n) is 10.1. The smallest absolute Gasteiger partial charge is 0.223 e. The van der Waals surface area contributed by atoms with Crippen molar-refractivity contribution in [2.45, 2.75) is 25.8 Å². The molecule has 0 bridgehead atoms. The Kier molecular flexibility index (Phi) is 3.15. The lowest BCUT2D eigenvalue weighted by molar-refractivity contribution is -0.132. The van der Waals surface area contributed by atoms with E-state index in [1.54, 1.807) is 17.7 Å². The largest absolute Gasteiger partial charge is 0.347 e. The van der Waals surface area contributed by atoms with Crippen molar-refractivity contribution in [3.63, 3.8) is 0 Å². The van der Waals surface area contributed by atoms with E-state index in [1.165, 1.54) is 4.88 Å². The molecule has 18 heavy (non-hydrogen) atoms. The van der Waals surface area contributed by atoms with Crippen LogP contribution in [0.2, 0.25) is 0 Å². The summed E-state index contributed by atoms with van der Waals surface area (Å²) in [6.45, 7) is 1.47. The van der Waals surface area contributed by atoms with Crippen molar-refractivity contribution in [2.24, 2.45) is 0 Å². The molecule has 1 aliphatic heterocycles. The summed E-state index contributed by atoms with van der Waals surface area (Å²) in [7, 11) is 0. The van der Waals surface area contributed by atoms with Crippen LogP contribution in [0.5, 0.6) is 0 Å². The van der Waals surface area contributed by atoms with E-state index in [-0.39, 0.29) is 5.91 Å². The zero-order valence-corrected chi connectivity index (χ0v) is 10.9. The van der Waals surface area contributed by atoms with Crippen LogP contribution in [0.1, 0.15) is 22.7 Å². The van der Waals surface area contributed by atoms with Gasteiger partial charge in [-0.3, -0.25) is 4.79 Å². The first-order valence-electron chi connectivity index (χ1n) is 6.14. The van der Waals surface area contributed by atoms with Gasteiger partial charge in [-0.15, -0.1) is 11.3 Å².